The molecule has 4 aliphatic rings. The molecule has 1 aromatic rings. The van der Waals surface area contributed by atoms with E-state index in [1.54, 1.807) is 0 Å². The summed E-state index contributed by atoms with van der Waals surface area (Å²) in [5.41, 5.74) is 5.70. The Labute approximate surface area is 235 Å². The molecule has 39 heavy (non-hydrogen) atoms. The van der Waals surface area contributed by atoms with E-state index in [9.17, 15) is 15.3 Å². The molecule has 0 radical (unpaired) electrons. The number of fused-ring (bicyclic) bond motifs is 1. The number of aliphatic hydroxyl groups excluding tert-OH is 3. The van der Waals surface area contributed by atoms with Crippen molar-refractivity contribution < 1.29 is 15.3 Å². The summed E-state index contributed by atoms with van der Waals surface area (Å²) in [5, 5.41) is 31.7. The quantitative estimate of drug-likeness (QED) is 0.324. The molecule has 212 valence electrons. The number of aromatic nitrogens is 1. The molecule has 0 saturated heterocycles. The van der Waals surface area contributed by atoms with Crippen LogP contribution < -0.4 is 0 Å². The van der Waals surface area contributed by atoms with Crippen molar-refractivity contribution in [2.45, 2.75) is 115 Å². The number of aliphatic hydroxyl groups is 3. The standard InChI is InChI=1S/C35H49NO3/c1-5-7-25-15-19-36-32(20-25)35(17-18-35)33(39)14-9-23(2)29-12-13-30-26(8-6-16-34(29,30)4)10-11-27-21-28(37)22-31(38)24(27)3/h9-11,14-15,19-20,23,28-31,33,37-39H,3,5-8,12-13,16-18,21-22H2,1-2,4H3/b14-9+,26-10+,27-11-/t23-,28-,29-,30+,31+,33-,34-/m1/s1. The maximum absolute atomic E-state index is 11.3. The van der Waals surface area contributed by atoms with Crippen LogP contribution in [0.4, 0.5) is 0 Å². The zero-order valence-electron chi connectivity index (χ0n) is 24.3. The van der Waals surface area contributed by atoms with Gasteiger partial charge in [-0.05, 0) is 110 Å². The first kappa shape index (κ1) is 28.5. The summed E-state index contributed by atoms with van der Waals surface area (Å²) >= 11 is 0. The zero-order chi connectivity index (χ0) is 27.8. The van der Waals surface area contributed by atoms with Gasteiger partial charge in [-0.15, -0.1) is 0 Å². The van der Waals surface area contributed by atoms with Gasteiger partial charge in [0, 0.05) is 23.7 Å². The van der Waals surface area contributed by atoms with Crippen LogP contribution in [0.1, 0.15) is 96.2 Å². The molecule has 4 heteroatoms. The highest BCUT2D eigenvalue weighted by atomic mass is 16.3. The van der Waals surface area contributed by atoms with E-state index in [2.05, 4.69) is 68.8 Å². The molecule has 0 unspecified atom stereocenters. The zero-order valence-corrected chi connectivity index (χ0v) is 24.3. The van der Waals surface area contributed by atoms with Crippen molar-refractivity contribution in [3.63, 3.8) is 0 Å². The molecule has 7 atom stereocenters. The molecule has 4 aliphatic carbocycles. The van der Waals surface area contributed by atoms with E-state index in [4.69, 9.17) is 0 Å². The molecule has 0 bridgehead atoms. The Balaban J connectivity index is 1.28. The molecule has 1 heterocycles. The fourth-order valence-electron chi connectivity index (χ4n) is 8.24. The molecule has 3 N–H and O–H groups in total. The van der Waals surface area contributed by atoms with Crippen molar-refractivity contribution in [2.75, 3.05) is 0 Å². The lowest BCUT2D eigenvalue weighted by Crippen LogP contribution is -2.35. The van der Waals surface area contributed by atoms with Gasteiger partial charge < -0.3 is 15.3 Å². The number of allylic oxidation sites excluding steroid dienone is 4. The third-order valence-corrected chi connectivity index (χ3v) is 10.8. The Morgan fingerprint density at radius 2 is 1.95 bits per heavy atom. The fraction of sp³-hybridized carbons (Fsp3) is 0.629. The van der Waals surface area contributed by atoms with Crippen molar-refractivity contribution in [3.05, 3.63) is 77.2 Å². The molecule has 4 fully saturated rings. The average Bonchev–Trinajstić information content (AvgIpc) is 3.65. The predicted molar refractivity (Wildman–Crippen MR) is 158 cm³/mol. The molecule has 4 saturated carbocycles. The number of pyridine rings is 1. The van der Waals surface area contributed by atoms with Crippen molar-refractivity contribution in [1.82, 2.24) is 4.98 Å². The van der Waals surface area contributed by atoms with Gasteiger partial charge in [-0.25, -0.2) is 0 Å². The number of aryl methyl sites for hydroxylation is 1. The minimum Gasteiger partial charge on any atom is -0.393 e. The van der Waals surface area contributed by atoms with Gasteiger partial charge in [-0.2, -0.15) is 0 Å². The summed E-state index contributed by atoms with van der Waals surface area (Å²) in [4.78, 5) is 4.68. The van der Waals surface area contributed by atoms with Crippen LogP contribution in [0, 0.1) is 23.2 Å². The van der Waals surface area contributed by atoms with Gasteiger partial charge in [0.05, 0.1) is 18.3 Å². The predicted octanol–water partition coefficient (Wildman–Crippen LogP) is 6.76. The van der Waals surface area contributed by atoms with Gasteiger partial charge >= 0.3 is 0 Å². The first-order valence-corrected chi connectivity index (χ1v) is 15.4. The Hall–Kier alpha value is -2.01. The van der Waals surface area contributed by atoms with Crippen LogP contribution in [-0.4, -0.2) is 38.6 Å². The highest BCUT2D eigenvalue weighted by Gasteiger charge is 2.52. The lowest BCUT2D eigenvalue weighted by molar-refractivity contribution is 0.0862. The van der Waals surface area contributed by atoms with Crippen molar-refractivity contribution in [2.24, 2.45) is 23.2 Å². The smallest absolute Gasteiger partial charge is 0.0832 e. The lowest BCUT2D eigenvalue weighted by atomic mass is 9.61. The van der Waals surface area contributed by atoms with E-state index in [1.165, 1.54) is 36.8 Å². The molecule has 0 aliphatic heterocycles. The van der Waals surface area contributed by atoms with Crippen LogP contribution in [0.25, 0.3) is 0 Å². The molecule has 0 spiro atoms. The molecule has 0 amide bonds. The van der Waals surface area contributed by atoms with Crippen LogP contribution >= 0.6 is 0 Å². The molecule has 0 aromatic carbocycles. The first-order chi connectivity index (χ1) is 18.7. The first-order valence-electron chi connectivity index (χ1n) is 15.4. The minimum absolute atomic E-state index is 0.208. The second kappa shape index (κ2) is 11.5. The number of hydrogen-bond donors (Lipinski definition) is 3. The van der Waals surface area contributed by atoms with Crippen molar-refractivity contribution >= 4 is 0 Å². The second-order valence-electron chi connectivity index (χ2n) is 13.3. The van der Waals surface area contributed by atoms with Gasteiger partial charge in [0.25, 0.3) is 0 Å². The van der Waals surface area contributed by atoms with Crippen LogP contribution in [0.5, 0.6) is 0 Å². The minimum atomic E-state index is -0.639. The molecule has 1 aromatic heterocycles. The summed E-state index contributed by atoms with van der Waals surface area (Å²) in [5.74, 6) is 1.57. The second-order valence-corrected chi connectivity index (χ2v) is 13.3. The monoisotopic (exact) mass is 531 g/mol. The summed E-state index contributed by atoms with van der Waals surface area (Å²) in [6.45, 7) is 11.1. The molecular formula is C35H49NO3. The SMILES string of the molecule is C=C1/C(=C\C=C2/CCC[C@]3(C)[C@@H]([C@H](C)/C=C/[C@@H](O)C4(c5cc(CCC)ccn5)CC4)CC[C@@H]23)C[C@@H](O)C[C@@H]1O. The van der Waals surface area contributed by atoms with Crippen molar-refractivity contribution in [3.8, 4) is 0 Å². The van der Waals surface area contributed by atoms with Gasteiger partial charge in [-0.3, -0.25) is 4.98 Å². The van der Waals surface area contributed by atoms with Gasteiger partial charge in [-0.1, -0.05) is 63.6 Å². The third kappa shape index (κ3) is 5.62. The Bertz CT molecular complexity index is 1140. The number of nitrogens with zero attached hydrogens (tertiary/aromatic N) is 1. The Morgan fingerprint density at radius 1 is 1.15 bits per heavy atom. The maximum atomic E-state index is 11.3. The average molecular weight is 532 g/mol. The summed E-state index contributed by atoms with van der Waals surface area (Å²) in [6.07, 6.45) is 20.2. The van der Waals surface area contributed by atoms with Gasteiger partial charge in [0.15, 0.2) is 0 Å². The van der Waals surface area contributed by atoms with E-state index >= 15 is 0 Å². The van der Waals surface area contributed by atoms with Crippen LogP contribution in [-0.2, 0) is 11.8 Å². The summed E-state index contributed by atoms with van der Waals surface area (Å²) in [7, 11) is 0. The van der Waals surface area contributed by atoms with Crippen LogP contribution in [0.2, 0.25) is 0 Å². The van der Waals surface area contributed by atoms with Crippen LogP contribution in [0.15, 0.2) is 65.9 Å². The molecule has 4 nitrogen and oxygen atoms in total. The van der Waals surface area contributed by atoms with E-state index in [1.807, 2.05) is 6.20 Å². The summed E-state index contributed by atoms with van der Waals surface area (Å²) < 4.78 is 0. The van der Waals surface area contributed by atoms with Crippen LogP contribution in [0.3, 0.4) is 0 Å². The Kier molecular flexibility index (Phi) is 8.38. The highest BCUT2D eigenvalue weighted by Crippen LogP contribution is 2.60. The third-order valence-electron chi connectivity index (χ3n) is 10.8. The normalized spacial score (nSPS) is 35.9. The highest BCUT2D eigenvalue weighted by molar-refractivity contribution is 5.39. The van der Waals surface area contributed by atoms with Gasteiger partial charge in [0.1, 0.15) is 0 Å². The van der Waals surface area contributed by atoms with E-state index in [-0.39, 0.29) is 10.8 Å². The number of hydrogen-bond acceptors (Lipinski definition) is 4. The van der Waals surface area contributed by atoms with E-state index < -0.39 is 18.3 Å². The largest absolute Gasteiger partial charge is 0.393 e. The molecule has 5 rings (SSSR count). The summed E-state index contributed by atoms with van der Waals surface area (Å²) in [6, 6.07) is 4.32. The molecular weight excluding hydrogens is 482 g/mol. The lowest BCUT2D eigenvalue weighted by Gasteiger charge is -2.44. The van der Waals surface area contributed by atoms with Crippen molar-refractivity contribution in [1.29, 1.82) is 0 Å². The number of rotatable bonds is 8. The maximum Gasteiger partial charge on any atom is 0.0832 e. The van der Waals surface area contributed by atoms with Gasteiger partial charge in [0.2, 0.25) is 0 Å². The Morgan fingerprint density at radius 3 is 2.69 bits per heavy atom. The fourth-order valence-corrected chi connectivity index (χ4v) is 8.24. The van der Waals surface area contributed by atoms with E-state index in [0.717, 1.165) is 48.9 Å². The van der Waals surface area contributed by atoms with E-state index in [0.29, 0.717) is 30.6 Å². The topological polar surface area (TPSA) is 73.6 Å².